The lowest BCUT2D eigenvalue weighted by Crippen LogP contribution is -2.33. The Hall–Kier alpha value is -2.30. The van der Waals surface area contributed by atoms with Crippen LogP contribution in [0, 0.1) is 0 Å². The molecule has 20 heavy (non-hydrogen) atoms. The second-order valence-corrected chi connectivity index (χ2v) is 4.72. The fourth-order valence-corrected chi connectivity index (χ4v) is 2.09. The molecule has 0 radical (unpaired) electrons. The van der Waals surface area contributed by atoms with Crippen molar-refractivity contribution in [3.63, 3.8) is 0 Å². The summed E-state index contributed by atoms with van der Waals surface area (Å²) in [6, 6.07) is 5.59. The maximum Gasteiger partial charge on any atom is 0.246 e. The van der Waals surface area contributed by atoms with Crippen LogP contribution in [0.25, 0.3) is 0 Å². The number of aryl methyl sites for hydroxylation is 1. The van der Waals surface area contributed by atoms with Crippen molar-refractivity contribution < 1.29 is 14.3 Å². The molecule has 2 amide bonds. The maximum atomic E-state index is 11.8. The molecular formula is C15H18N2O3. The molecule has 5 heteroatoms. The summed E-state index contributed by atoms with van der Waals surface area (Å²) in [5.41, 5.74) is 1.82. The van der Waals surface area contributed by atoms with Gasteiger partial charge in [0.25, 0.3) is 0 Å². The van der Waals surface area contributed by atoms with Crippen LogP contribution in [0.5, 0.6) is 5.75 Å². The van der Waals surface area contributed by atoms with Gasteiger partial charge >= 0.3 is 0 Å². The molecule has 1 aliphatic heterocycles. The molecule has 0 atom stereocenters. The van der Waals surface area contributed by atoms with Crippen molar-refractivity contribution in [1.29, 1.82) is 0 Å². The number of nitrogens with zero attached hydrogens (tertiary/aromatic N) is 1. The second kappa shape index (κ2) is 6.23. The van der Waals surface area contributed by atoms with E-state index in [1.165, 1.54) is 11.0 Å². The third-order valence-corrected chi connectivity index (χ3v) is 3.12. The molecule has 0 saturated heterocycles. The molecule has 1 aromatic carbocycles. The molecule has 0 saturated carbocycles. The number of rotatable bonds is 4. The van der Waals surface area contributed by atoms with E-state index in [2.05, 4.69) is 11.9 Å². The number of ether oxygens (including phenoxy) is 1. The van der Waals surface area contributed by atoms with Crippen molar-refractivity contribution in [1.82, 2.24) is 4.90 Å². The van der Waals surface area contributed by atoms with Gasteiger partial charge in [-0.25, -0.2) is 0 Å². The zero-order valence-electron chi connectivity index (χ0n) is 11.5. The zero-order valence-corrected chi connectivity index (χ0v) is 11.5. The summed E-state index contributed by atoms with van der Waals surface area (Å²) in [7, 11) is 1.56. The number of nitrogens with one attached hydrogen (secondary N) is 1. The Kier molecular flexibility index (Phi) is 4.40. The van der Waals surface area contributed by atoms with E-state index in [1.54, 1.807) is 13.1 Å². The van der Waals surface area contributed by atoms with Crippen molar-refractivity contribution in [2.45, 2.75) is 12.8 Å². The minimum absolute atomic E-state index is 0.00155. The van der Waals surface area contributed by atoms with Gasteiger partial charge in [-0.05, 0) is 42.7 Å². The Balaban J connectivity index is 1.97. The summed E-state index contributed by atoms with van der Waals surface area (Å²) in [4.78, 5) is 24.5. The van der Waals surface area contributed by atoms with Gasteiger partial charge in [0.05, 0.1) is 13.2 Å². The molecule has 0 unspecified atom stereocenters. The molecule has 1 aliphatic rings. The molecule has 0 spiro atoms. The van der Waals surface area contributed by atoms with E-state index >= 15 is 0 Å². The van der Waals surface area contributed by atoms with Crippen LogP contribution >= 0.6 is 0 Å². The van der Waals surface area contributed by atoms with E-state index in [1.807, 2.05) is 12.1 Å². The van der Waals surface area contributed by atoms with Gasteiger partial charge in [0.15, 0.2) is 0 Å². The van der Waals surface area contributed by atoms with Gasteiger partial charge in [-0.3, -0.25) is 9.59 Å². The molecule has 2 rings (SSSR count). The van der Waals surface area contributed by atoms with Gasteiger partial charge in [-0.2, -0.15) is 0 Å². The number of hydrogen-bond acceptors (Lipinski definition) is 3. The molecular weight excluding hydrogens is 256 g/mol. The second-order valence-electron chi connectivity index (χ2n) is 4.72. The summed E-state index contributed by atoms with van der Waals surface area (Å²) < 4.78 is 5.52. The minimum atomic E-state index is -0.279. The first kappa shape index (κ1) is 14.1. The highest BCUT2D eigenvalue weighted by atomic mass is 16.5. The highest BCUT2D eigenvalue weighted by Gasteiger charge is 2.13. The molecule has 0 fully saturated rings. The molecule has 1 heterocycles. The number of benzene rings is 1. The highest BCUT2D eigenvalue weighted by Crippen LogP contribution is 2.27. The van der Waals surface area contributed by atoms with Gasteiger partial charge in [0.2, 0.25) is 11.8 Å². The number of carbonyl (C=O) groups excluding carboxylic acids is 2. The Morgan fingerprint density at radius 1 is 1.50 bits per heavy atom. The highest BCUT2D eigenvalue weighted by molar-refractivity contribution is 5.96. The van der Waals surface area contributed by atoms with E-state index in [9.17, 15) is 9.59 Å². The van der Waals surface area contributed by atoms with E-state index in [0.717, 1.165) is 36.4 Å². The molecule has 0 aromatic heterocycles. The van der Waals surface area contributed by atoms with Crippen LogP contribution in [0.3, 0.4) is 0 Å². The van der Waals surface area contributed by atoms with Gasteiger partial charge in [-0.15, -0.1) is 0 Å². The number of anilines is 1. The minimum Gasteiger partial charge on any atom is -0.493 e. The van der Waals surface area contributed by atoms with E-state index < -0.39 is 0 Å². The van der Waals surface area contributed by atoms with E-state index in [4.69, 9.17) is 4.74 Å². The van der Waals surface area contributed by atoms with Crippen LogP contribution in [0.1, 0.15) is 12.0 Å². The molecule has 0 bridgehead atoms. The van der Waals surface area contributed by atoms with Crippen molar-refractivity contribution in [3.8, 4) is 5.75 Å². The lowest BCUT2D eigenvalue weighted by Gasteiger charge is -2.19. The number of hydrogen-bond donors (Lipinski definition) is 1. The zero-order chi connectivity index (χ0) is 14.5. The molecule has 1 aromatic rings. The number of amides is 2. The topological polar surface area (TPSA) is 58.6 Å². The van der Waals surface area contributed by atoms with Crippen LogP contribution in [0.15, 0.2) is 30.9 Å². The van der Waals surface area contributed by atoms with Crippen LogP contribution < -0.4 is 10.1 Å². The lowest BCUT2D eigenvalue weighted by molar-refractivity contribution is -0.129. The third kappa shape index (κ3) is 3.38. The monoisotopic (exact) mass is 274 g/mol. The largest absolute Gasteiger partial charge is 0.493 e. The summed E-state index contributed by atoms with van der Waals surface area (Å²) in [6.07, 6.45) is 3.12. The Labute approximate surface area is 118 Å². The summed E-state index contributed by atoms with van der Waals surface area (Å²) >= 11 is 0. The predicted molar refractivity (Wildman–Crippen MR) is 76.7 cm³/mol. The van der Waals surface area contributed by atoms with Crippen LogP contribution in [-0.4, -0.2) is 36.9 Å². The SMILES string of the molecule is C=CC(=O)N(C)CC(=O)Nc1ccc2c(c1)CCCO2. The molecule has 5 nitrogen and oxygen atoms in total. The number of likely N-dealkylation sites (N-methyl/N-ethyl adjacent to an activating group) is 1. The molecule has 1 N–H and O–H groups in total. The normalized spacial score (nSPS) is 12.8. The fourth-order valence-electron chi connectivity index (χ4n) is 2.09. The smallest absolute Gasteiger partial charge is 0.246 e. The van der Waals surface area contributed by atoms with Crippen LogP contribution in [-0.2, 0) is 16.0 Å². The Morgan fingerprint density at radius 2 is 2.30 bits per heavy atom. The van der Waals surface area contributed by atoms with E-state index in [0.29, 0.717) is 0 Å². The van der Waals surface area contributed by atoms with Crippen LogP contribution in [0.2, 0.25) is 0 Å². The Morgan fingerprint density at radius 3 is 3.05 bits per heavy atom. The first-order valence-corrected chi connectivity index (χ1v) is 6.53. The first-order chi connectivity index (χ1) is 9.60. The summed E-state index contributed by atoms with van der Waals surface area (Å²) in [5, 5.41) is 2.78. The van der Waals surface area contributed by atoms with Crippen molar-refractivity contribution in [2.75, 3.05) is 25.5 Å². The maximum absolute atomic E-state index is 11.8. The van der Waals surface area contributed by atoms with Crippen molar-refractivity contribution >= 4 is 17.5 Å². The lowest BCUT2D eigenvalue weighted by atomic mass is 10.1. The fraction of sp³-hybridized carbons (Fsp3) is 0.333. The summed E-state index contributed by atoms with van der Waals surface area (Å²) in [6.45, 7) is 4.13. The first-order valence-electron chi connectivity index (χ1n) is 6.53. The third-order valence-electron chi connectivity index (χ3n) is 3.12. The Bertz CT molecular complexity index is 540. The molecule has 106 valence electrons. The standard InChI is InChI=1S/C15H18N2O3/c1-3-15(19)17(2)10-14(18)16-12-6-7-13-11(9-12)5-4-8-20-13/h3,6-7,9H,1,4-5,8,10H2,2H3,(H,16,18). The van der Waals surface area contributed by atoms with Gasteiger partial charge < -0.3 is 15.0 Å². The quantitative estimate of drug-likeness (QED) is 0.848. The van der Waals surface area contributed by atoms with Gasteiger partial charge in [-0.1, -0.05) is 6.58 Å². The van der Waals surface area contributed by atoms with Gasteiger partial charge in [0, 0.05) is 12.7 Å². The summed E-state index contributed by atoms with van der Waals surface area (Å²) in [5.74, 6) is 0.367. The van der Waals surface area contributed by atoms with Crippen LogP contribution in [0.4, 0.5) is 5.69 Å². The van der Waals surface area contributed by atoms with Crippen molar-refractivity contribution in [2.24, 2.45) is 0 Å². The number of carbonyl (C=O) groups is 2. The average molecular weight is 274 g/mol. The van der Waals surface area contributed by atoms with Crippen molar-refractivity contribution in [3.05, 3.63) is 36.4 Å². The average Bonchev–Trinajstić information content (AvgIpc) is 2.46. The number of fused-ring (bicyclic) bond motifs is 1. The molecule has 0 aliphatic carbocycles. The van der Waals surface area contributed by atoms with Gasteiger partial charge in [0.1, 0.15) is 5.75 Å². The van der Waals surface area contributed by atoms with E-state index in [-0.39, 0.29) is 18.4 Å². The predicted octanol–water partition coefficient (Wildman–Crippen LogP) is 1.59.